The lowest BCUT2D eigenvalue weighted by Gasteiger charge is -2.26. The molecule has 1 saturated heterocycles. The van der Waals surface area contributed by atoms with Gasteiger partial charge in [0.2, 0.25) is 5.91 Å². The molecule has 5 rings (SSSR count). The summed E-state index contributed by atoms with van der Waals surface area (Å²) in [6.07, 6.45) is 1.71. The number of aryl methyl sites for hydroxylation is 1. The van der Waals surface area contributed by atoms with Gasteiger partial charge in [-0.05, 0) is 41.3 Å². The number of hydrogen-bond acceptors (Lipinski definition) is 4. The molecule has 4 aromatic rings. The van der Waals surface area contributed by atoms with Gasteiger partial charge in [-0.15, -0.1) is 0 Å². The Morgan fingerprint density at radius 2 is 1.85 bits per heavy atom. The largest absolute Gasteiger partial charge is 0.379 e. The molecule has 0 radical (unpaired) electrons. The molecule has 174 valence electrons. The highest BCUT2D eigenvalue weighted by molar-refractivity contribution is 6.36. The maximum atomic E-state index is 11.7. The van der Waals surface area contributed by atoms with E-state index in [2.05, 4.69) is 50.5 Å². The van der Waals surface area contributed by atoms with E-state index in [4.69, 9.17) is 16.3 Å². The molecule has 0 saturated carbocycles. The maximum Gasteiger partial charge on any atom is 0.221 e. The second-order valence-electron chi connectivity index (χ2n) is 8.69. The topological polar surface area (TPSA) is 70.2 Å². The maximum absolute atomic E-state index is 11.7. The summed E-state index contributed by atoms with van der Waals surface area (Å²) in [5.74, 6) is -0.102. The Morgan fingerprint density at radius 3 is 2.59 bits per heavy atom. The van der Waals surface area contributed by atoms with Crippen LogP contribution in [0.4, 0.5) is 5.69 Å². The van der Waals surface area contributed by atoms with Crippen LogP contribution in [-0.2, 0) is 16.1 Å². The average Bonchev–Trinajstić information content (AvgIpc) is 3.22. The predicted molar refractivity (Wildman–Crippen MR) is 137 cm³/mol. The van der Waals surface area contributed by atoms with Crippen LogP contribution in [0, 0.1) is 6.92 Å². The van der Waals surface area contributed by atoms with E-state index >= 15 is 0 Å². The molecule has 0 aliphatic carbocycles. The van der Waals surface area contributed by atoms with Gasteiger partial charge in [0.15, 0.2) is 0 Å². The van der Waals surface area contributed by atoms with Gasteiger partial charge in [0.1, 0.15) is 5.65 Å². The minimum atomic E-state index is -0.102. The van der Waals surface area contributed by atoms with Crippen molar-refractivity contribution in [1.29, 1.82) is 0 Å². The molecule has 1 aliphatic heterocycles. The number of H-pyrrole nitrogens is 1. The highest BCUT2D eigenvalue weighted by atomic mass is 35.5. The van der Waals surface area contributed by atoms with E-state index < -0.39 is 0 Å². The van der Waals surface area contributed by atoms with E-state index in [0.29, 0.717) is 5.02 Å². The number of benzene rings is 2. The number of carbonyl (C=O) groups excluding carboxylic acids is 1. The van der Waals surface area contributed by atoms with Crippen molar-refractivity contribution in [3.05, 3.63) is 70.9 Å². The molecule has 0 unspecified atom stereocenters. The van der Waals surface area contributed by atoms with E-state index in [9.17, 15) is 4.79 Å². The van der Waals surface area contributed by atoms with Crippen molar-refractivity contribution in [1.82, 2.24) is 14.9 Å². The minimum absolute atomic E-state index is 0.102. The first kappa shape index (κ1) is 22.6. The summed E-state index contributed by atoms with van der Waals surface area (Å²) in [5, 5.41) is 4.43. The zero-order valence-corrected chi connectivity index (χ0v) is 20.1. The van der Waals surface area contributed by atoms with Crippen LogP contribution >= 0.6 is 11.6 Å². The Hall–Kier alpha value is -3.19. The number of hydrogen-bond donors (Lipinski definition) is 2. The van der Waals surface area contributed by atoms with Crippen molar-refractivity contribution in [2.45, 2.75) is 20.4 Å². The third-order valence-electron chi connectivity index (χ3n) is 6.23. The summed E-state index contributed by atoms with van der Waals surface area (Å²) in [6.45, 7) is 7.91. The number of amides is 1. The van der Waals surface area contributed by atoms with E-state index in [0.717, 1.165) is 77.5 Å². The van der Waals surface area contributed by atoms with Gasteiger partial charge in [0.25, 0.3) is 0 Å². The summed E-state index contributed by atoms with van der Waals surface area (Å²) in [6, 6.07) is 16.5. The number of carbonyl (C=O) groups is 1. The Balaban J connectivity index is 1.58. The number of nitrogens with zero attached hydrogens (tertiary/aromatic N) is 2. The summed E-state index contributed by atoms with van der Waals surface area (Å²) in [5.41, 5.74) is 7.72. The Bertz CT molecular complexity index is 1340. The Labute approximate surface area is 203 Å². The number of aromatic nitrogens is 2. The first-order valence-corrected chi connectivity index (χ1v) is 11.8. The standard InChI is InChI=1S/C27H27ClN4O2/c1-17-3-6-21(15-23(17)30-18(2)33)24-25-22(28)9-10-29-27(25)31-26(24)20-7-4-19(5-8-20)16-32-11-13-34-14-12-32/h3-10,15H,11-14,16H2,1-2H3,(H,29,31)(H,30,33). The number of nitrogens with one attached hydrogen (secondary N) is 2. The second kappa shape index (κ2) is 9.58. The van der Waals surface area contributed by atoms with Crippen LogP contribution in [0.1, 0.15) is 18.1 Å². The number of pyridine rings is 1. The lowest BCUT2D eigenvalue weighted by Crippen LogP contribution is -2.35. The predicted octanol–water partition coefficient (Wildman–Crippen LogP) is 5.65. The highest BCUT2D eigenvalue weighted by Gasteiger charge is 2.19. The molecule has 1 fully saturated rings. The van der Waals surface area contributed by atoms with Crippen LogP contribution in [0.3, 0.4) is 0 Å². The number of halogens is 1. The number of ether oxygens (including phenoxy) is 1. The minimum Gasteiger partial charge on any atom is -0.379 e. The summed E-state index contributed by atoms with van der Waals surface area (Å²) < 4.78 is 5.46. The quantitative estimate of drug-likeness (QED) is 0.392. The van der Waals surface area contributed by atoms with Gasteiger partial charge < -0.3 is 15.0 Å². The molecule has 34 heavy (non-hydrogen) atoms. The number of morpholine rings is 1. The average molecular weight is 475 g/mol. The third-order valence-corrected chi connectivity index (χ3v) is 6.55. The van der Waals surface area contributed by atoms with E-state index in [1.54, 1.807) is 12.3 Å². The molecule has 1 amide bonds. The lowest BCUT2D eigenvalue weighted by atomic mass is 9.96. The molecule has 0 atom stereocenters. The van der Waals surface area contributed by atoms with Crippen LogP contribution in [0.5, 0.6) is 0 Å². The summed E-state index contributed by atoms with van der Waals surface area (Å²) in [7, 11) is 0. The van der Waals surface area contributed by atoms with Crippen molar-refractivity contribution >= 4 is 34.2 Å². The van der Waals surface area contributed by atoms with Gasteiger partial charge in [-0.25, -0.2) is 4.98 Å². The number of fused-ring (bicyclic) bond motifs is 1. The fourth-order valence-corrected chi connectivity index (χ4v) is 4.72. The van der Waals surface area contributed by atoms with E-state index in [1.165, 1.54) is 12.5 Å². The molecule has 6 nitrogen and oxygen atoms in total. The fraction of sp³-hybridized carbons (Fsp3) is 0.259. The molecular weight excluding hydrogens is 448 g/mol. The second-order valence-corrected chi connectivity index (χ2v) is 9.09. The molecular formula is C27H27ClN4O2. The molecule has 3 heterocycles. The van der Waals surface area contributed by atoms with Gasteiger partial charge in [0.05, 0.1) is 23.9 Å². The molecule has 2 N–H and O–H groups in total. The molecule has 1 aliphatic rings. The van der Waals surface area contributed by atoms with Gasteiger partial charge in [-0.2, -0.15) is 0 Å². The number of rotatable bonds is 5. The molecule has 7 heteroatoms. The Morgan fingerprint density at radius 1 is 1.12 bits per heavy atom. The first-order chi connectivity index (χ1) is 16.5. The lowest BCUT2D eigenvalue weighted by molar-refractivity contribution is -0.114. The van der Waals surface area contributed by atoms with Crippen LogP contribution in [0.25, 0.3) is 33.4 Å². The number of aromatic amines is 1. The summed E-state index contributed by atoms with van der Waals surface area (Å²) in [4.78, 5) is 22.2. The normalized spacial score (nSPS) is 14.4. The highest BCUT2D eigenvalue weighted by Crippen LogP contribution is 2.41. The van der Waals surface area contributed by atoms with Crippen molar-refractivity contribution < 1.29 is 9.53 Å². The number of anilines is 1. The SMILES string of the molecule is CC(=O)Nc1cc(-c2c(-c3ccc(CN4CCOCC4)cc3)[nH]c3nccc(Cl)c23)ccc1C. The van der Waals surface area contributed by atoms with Crippen molar-refractivity contribution in [3.63, 3.8) is 0 Å². The van der Waals surface area contributed by atoms with Crippen LogP contribution in [0.15, 0.2) is 54.7 Å². The van der Waals surface area contributed by atoms with Crippen LogP contribution in [-0.4, -0.2) is 47.1 Å². The molecule has 0 bridgehead atoms. The van der Waals surface area contributed by atoms with Crippen LogP contribution < -0.4 is 5.32 Å². The third kappa shape index (κ3) is 4.57. The fourth-order valence-electron chi connectivity index (χ4n) is 4.48. The van der Waals surface area contributed by atoms with Gasteiger partial charge >= 0.3 is 0 Å². The van der Waals surface area contributed by atoms with Crippen molar-refractivity contribution in [2.24, 2.45) is 0 Å². The Kier molecular flexibility index (Phi) is 6.37. The zero-order chi connectivity index (χ0) is 23.7. The summed E-state index contributed by atoms with van der Waals surface area (Å²) >= 11 is 6.66. The van der Waals surface area contributed by atoms with E-state index in [1.807, 2.05) is 19.1 Å². The smallest absolute Gasteiger partial charge is 0.221 e. The van der Waals surface area contributed by atoms with Gasteiger partial charge in [0, 0.05) is 49.4 Å². The zero-order valence-electron chi connectivity index (χ0n) is 19.3. The molecule has 0 spiro atoms. The molecule has 2 aromatic heterocycles. The van der Waals surface area contributed by atoms with Gasteiger partial charge in [-0.3, -0.25) is 9.69 Å². The first-order valence-electron chi connectivity index (χ1n) is 11.4. The van der Waals surface area contributed by atoms with Gasteiger partial charge in [-0.1, -0.05) is 48.0 Å². The molecule has 2 aromatic carbocycles. The van der Waals surface area contributed by atoms with Crippen molar-refractivity contribution in [3.8, 4) is 22.4 Å². The van der Waals surface area contributed by atoms with Crippen molar-refractivity contribution in [2.75, 3.05) is 31.6 Å². The van der Waals surface area contributed by atoms with E-state index in [-0.39, 0.29) is 5.91 Å². The van der Waals surface area contributed by atoms with Crippen LogP contribution in [0.2, 0.25) is 5.02 Å². The monoisotopic (exact) mass is 474 g/mol.